The van der Waals surface area contributed by atoms with Gasteiger partial charge in [0.2, 0.25) is 0 Å². The number of hydrogen-bond donors (Lipinski definition) is 3. The van der Waals surface area contributed by atoms with E-state index in [4.69, 9.17) is 4.74 Å². The summed E-state index contributed by atoms with van der Waals surface area (Å²) in [5.41, 5.74) is 5.74. The second-order valence-electron chi connectivity index (χ2n) is 6.83. The van der Waals surface area contributed by atoms with E-state index in [0.29, 0.717) is 17.9 Å². The van der Waals surface area contributed by atoms with Gasteiger partial charge in [-0.15, -0.1) is 11.8 Å². The lowest BCUT2D eigenvalue weighted by Crippen LogP contribution is -2.65. The Balaban J connectivity index is 1.40. The first kappa shape index (κ1) is 20.2. The van der Waals surface area contributed by atoms with Gasteiger partial charge in [-0.05, 0) is 35.4 Å². The fourth-order valence-corrected chi connectivity index (χ4v) is 4.72. The van der Waals surface area contributed by atoms with E-state index in [1.807, 2.05) is 24.3 Å². The maximum absolute atomic E-state index is 12.5. The molecule has 0 aromatic heterocycles. The standard InChI is InChI=1S/C20H21BrN4O3S/c1-28-18(26)14-4-2-12(3-5-14)11-29-19-23-17-16(10-22-25(17)20(27)24-19)13-6-8-15(21)9-7-13/h2-9,16-17,19,22-23H,10-11H2,1H3,(H,24,27). The Kier molecular flexibility index (Phi) is 6.09. The normalized spacial score (nSPS) is 23.4. The van der Waals surface area contributed by atoms with Crippen LogP contribution in [0.25, 0.3) is 0 Å². The van der Waals surface area contributed by atoms with Crippen molar-refractivity contribution in [2.75, 3.05) is 13.7 Å². The van der Waals surface area contributed by atoms with E-state index in [2.05, 4.69) is 44.1 Å². The molecule has 2 aromatic carbocycles. The molecule has 2 heterocycles. The van der Waals surface area contributed by atoms with Gasteiger partial charge in [-0.2, -0.15) is 0 Å². The fraction of sp³-hybridized carbons (Fsp3) is 0.300. The summed E-state index contributed by atoms with van der Waals surface area (Å²) in [6.45, 7) is 0.694. The van der Waals surface area contributed by atoms with Crippen LogP contribution in [0.15, 0.2) is 53.0 Å². The molecule has 7 nitrogen and oxygen atoms in total. The maximum atomic E-state index is 12.5. The minimum atomic E-state index is -0.349. The molecule has 2 aliphatic heterocycles. The number of esters is 1. The summed E-state index contributed by atoms with van der Waals surface area (Å²) < 4.78 is 5.75. The van der Waals surface area contributed by atoms with E-state index in [1.165, 1.54) is 12.7 Å². The monoisotopic (exact) mass is 476 g/mol. The van der Waals surface area contributed by atoms with E-state index < -0.39 is 0 Å². The number of ether oxygens (including phenoxy) is 1. The molecule has 0 aliphatic carbocycles. The van der Waals surface area contributed by atoms with Crippen LogP contribution in [0, 0.1) is 0 Å². The van der Waals surface area contributed by atoms with Gasteiger partial charge >= 0.3 is 12.0 Å². The van der Waals surface area contributed by atoms with E-state index in [-0.39, 0.29) is 29.6 Å². The number of urea groups is 1. The van der Waals surface area contributed by atoms with Gasteiger partial charge in [0.05, 0.1) is 12.7 Å². The number of hydrazine groups is 1. The van der Waals surface area contributed by atoms with Gasteiger partial charge in [0.1, 0.15) is 11.7 Å². The van der Waals surface area contributed by atoms with Crippen molar-refractivity contribution in [2.45, 2.75) is 23.3 Å². The van der Waals surface area contributed by atoms with Gasteiger partial charge in [0.15, 0.2) is 0 Å². The van der Waals surface area contributed by atoms with Crippen molar-refractivity contribution in [1.29, 1.82) is 0 Å². The number of rotatable bonds is 5. The molecule has 152 valence electrons. The van der Waals surface area contributed by atoms with Crippen molar-refractivity contribution in [3.8, 4) is 0 Å². The summed E-state index contributed by atoms with van der Waals surface area (Å²) in [5, 5.41) is 8.13. The lowest BCUT2D eigenvalue weighted by atomic mass is 9.97. The molecule has 3 unspecified atom stereocenters. The second kappa shape index (κ2) is 8.74. The lowest BCUT2D eigenvalue weighted by molar-refractivity contribution is 0.0600. The zero-order chi connectivity index (χ0) is 20.4. The van der Waals surface area contributed by atoms with Crippen molar-refractivity contribution < 1.29 is 14.3 Å². The Labute approximate surface area is 181 Å². The molecule has 2 aliphatic rings. The quantitative estimate of drug-likeness (QED) is 0.575. The zero-order valence-electron chi connectivity index (χ0n) is 15.7. The molecule has 4 rings (SSSR count). The van der Waals surface area contributed by atoms with Crippen molar-refractivity contribution in [2.24, 2.45) is 0 Å². The summed E-state index contributed by atoms with van der Waals surface area (Å²) in [6.07, 6.45) is -0.121. The summed E-state index contributed by atoms with van der Waals surface area (Å²) in [4.78, 5) is 24.1. The van der Waals surface area contributed by atoms with Gasteiger partial charge in [-0.25, -0.2) is 20.0 Å². The highest BCUT2D eigenvalue weighted by Crippen LogP contribution is 2.30. The number of thioether (sulfide) groups is 1. The van der Waals surface area contributed by atoms with Crippen molar-refractivity contribution in [1.82, 2.24) is 21.1 Å². The number of nitrogens with one attached hydrogen (secondary N) is 3. The molecule has 3 atom stereocenters. The van der Waals surface area contributed by atoms with Crippen LogP contribution in [0.2, 0.25) is 0 Å². The number of carbonyl (C=O) groups excluding carboxylic acids is 2. The Morgan fingerprint density at radius 3 is 2.62 bits per heavy atom. The van der Waals surface area contributed by atoms with Gasteiger partial charge < -0.3 is 10.1 Å². The number of carbonyl (C=O) groups is 2. The molecule has 29 heavy (non-hydrogen) atoms. The van der Waals surface area contributed by atoms with Gasteiger partial charge in [-0.1, -0.05) is 40.2 Å². The molecular formula is C20H21BrN4O3S. The first-order valence-electron chi connectivity index (χ1n) is 9.19. The summed E-state index contributed by atoms with van der Waals surface area (Å²) in [5.74, 6) is 0.512. The van der Waals surface area contributed by atoms with E-state index in [0.717, 1.165) is 10.0 Å². The van der Waals surface area contributed by atoms with Crippen LogP contribution in [0.3, 0.4) is 0 Å². The van der Waals surface area contributed by atoms with Crippen molar-refractivity contribution in [3.05, 3.63) is 69.7 Å². The third-order valence-corrected chi connectivity index (χ3v) is 6.64. The van der Waals surface area contributed by atoms with Gasteiger partial charge in [0, 0.05) is 22.7 Å². The summed E-state index contributed by atoms with van der Waals surface area (Å²) in [6, 6.07) is 15.4. The Hall–Kier alpha value is -2.07. The SMILES string of the molecule is COC(=O)c1ccc(CSC2NC(=O)N3NCC(c4ccc(Br)cc4)C3N2)cc1. The molecule has 0 spiro atoms. The number of amides is 2. The van der Waals surface area contributed by atoms with Crippen LogP contribution in [0.5, 0.6) is 0 Å². The minimum Gasteiger partial charge on any atom is -0.465 e. The number of methoxy groups -OCH3 is 1. The van der Waals surface area contributed by atoms with Crippen LogP contribution in [-0.4, -0.2) is 42.3 Å². The number of halogens is 1. The lowest BCUT2D eigenvalue weighted by Gasteiger charge is -2.37. The van der Waals surface area contributed by atoms with Crippen LogP contribution in [-0.2, 0) is 10.5 Å². The van der Waals surface area contributed by atoms with Gasteiger partial charge in [0.25, 0.3) is 0 Å². The maximum Gasteiger partial charge on any atom is 0.337 e. The minimum absolute atomic E-state index is 0.121. The largest absolute Gasteiger partial charge is 0.465 e. The average molecular weight is 477 g/mol. The Bertz CT molecular complexity index is 894. The fourth-order valence-electron chi connectivity index (χ4n) is 3.49. The second-order valence-corrected chi connectivity index (χ2v) is 8.84. The third kappa shape index (κ3) is 4.42. The summed E-state index contributed by atoms with van der Waals surface area (Å²) in [7, 11) is 1.37. The zero-order valence-corrected chi connectivity index (χ0v) is 18.1. The van der Waals surface area contributed by atoms with Crippen LogP contribution >= 0.6 is 27.7 Å². The van der Waals surface area contributed by atoms with Crippen molar-refractivity contribution in [3.63, 3.8) is 0 Å². The molecule has 9 heteroatoms. The third-order valence-electron chi connectivity index (χ3n) is 5.03. The van der Waals surface area contributed by atoms with E-state index in [9.17, 15) is 9.59 Å². The predicted octanol–water partition coefficient (Wildman–Crippen LogP) is 3.00. The van der Waals surface area contributed by atoms with E-state index in [1.54, 1.807) is 28.9 Å². The average Bonchev–Trinajstić information content (AvgIpc) is 3.17. The number of hydrogen-bond acceptors (Lipinski definition) is 6. The molecule has 3 N–H and O–H groups in total. The topological polar surface area (TPSA) is 82.7 Å². The highest BCUT2D eigenvalue weighted by Gasteiger charge is 2.43. The number of fused-ring (bicyclic) bond motifs is 1. The first-order valence-corrected chi connectivity index (χ1v) is 11.0. The molecule has 0 saturated carbocycles. The molecule has 2 fully saturated rings. The van der Waals surface area contributed by atoms with Gasteiger partial charge in [-0.3, -0.25) is 5.32 Å². The highest BCUT2D eigenvalue weighted by molar-refractivity contribution is 9.10. The molecule has 2 aromatic rings. The number of benzene rings is 2. The highest BCUT2D eigenvalue weighted by atomic mass is 79.9. The smallest absolute Gasteiger partial charge is 0.337 e. The molecule has 0 radical (unpaired) electrons. The van der Waals surface area contributed by atoms with Crippen LogP contribution in [0.4, 0.5) is 4.79 Å². The van der Waals surface area contributed by atoms with Crippen LogP contribution < -0.4 is 16.1 Å². The molecular weight excluding hydrogens is 456 g/mol. The number of nitrogens with zero attached hydrogens (tertiary/aromatic N) is 1. The predicted molar refractivity (Wildman–Crippen MR) is 115 cm³/mol. The van der Waals surface area contributed by atoms with Crippen molar-refractivity contribution >= 4 is 39.7 Å². The van der Waals surface area contributed by atoms with Crippen LogP contribution in [0.1, 0.15) is 27.4 Å². The molecule has 0 bridgehead atoms. The Morgan fingerprint density at radius 2 is 1.93 bits per heavy atom. The first-order chi connectivity index (χ1) is 14.0. The molecule has 2 amide bonds. The molecule has 2 saturated heterocycles. The summed E-state index contributed by atoms with van der Waals surface area (Å²) >= 11 is 5.07. The Morgan fingerprint density at radius 1 is 1.21 bits per heavy atom. The van der Waals surface area contributed by atoms with E-state index >= 15 is 0 Å².